The molecule has 0 spiro atoms. The Morgan fingerprint density at radius 3 is 2.52 bits per heavy atom. The molecule has 0 aliphatic carbocycles. The summed E-state index contributed by atoms with van der Waals surface area (Å²) in [5, 5.41) is 9.90. The SMILES string of the molecule is CSc1cc(C(C)C)cc2c(=O)c3cc(C(=O)O)ccc3oc12. The Morgan fingerprint density at radius 1 is 1.17 bits per heavy atom. The van der Waals surface area contributed by atoms with E-state index in [2.05, 4.69) is 13.8 Å². The molecule has 23 heavy (non-hydrogen) atoms. The maximum absolute atomic E-state index is 12.8. The number of rotatable bonds is 3. The minimum absolute atomic E-state index is 0.0780. The van der Waals surface area contributed by atoms with Crippen molar-refractivity contribution in [1.82, 2.24) is 0 Å². The second-order valence-electron chi connectivity index (χ2n) is 5.70. The number of benzene rings is 2. The lowest BCUT2D eigenvalue weighted by atomic mass is 10.0. The molecule has 1 N–H and O–H groups in total. The molecule has 0 unspecified atom stereocenters. The predicted molar refractivity (Wildman–Crippen MR) is 92.8 cm³/mol. The van der Waals surface area contributed by atoms with Crippen LogP contribution in [0, 0.1) is 0 Å². The fourth-order valence-electron chi connectivity index (χ4n) is 2.57. The number of carboxylic acids is 1. The summed E-state index contributed by atoms with van der Waals surface area (Å²) in [4.78, 5) is 24.9. The van der Waals surface area contributed by atoms with Gasteiger partial charge in [-0.2, -0.15) is 0 Å². The smallest absolute Gasteiger partial charge is 0.335 e. The first-order valence-corrected chi connectivity index (χ1v) is 8.46. The quantitative estimate of drug-likeness (QED) is 0.567. The van der Waals surface area contributed by atoms with Gasteiger partial charge < -0.3 is 9.52 Å². The van der Waals surface area contributed by atoms with E-state index in [9.17, 15) is 9.59 Å². The monoisotopic (exact) mass is 328 g/mol. The lowest BCUT2D eigenvalue weighted by Gasteiger charge is -2.11. The number of carboxylic acid groups (broad SMARTS) is 1. The van der Waals surface area contributed by atoms with Crippen molar-refractivity contribution in [2.24, 2.45) is 0 Å². The molecule has 0 saturated carbocycles. The number of fused-ring (bicyclic) bond motifs is 2. The first-order chi connectivity index (χ1) is 10.9. The van der Waals surface area contributed by atoms with Crippen LogP contribution in [0.25, 0.3) is 21.9 Å². The Labute approximate surface area is 137 Å². The van der Waals surface area contributed by atoms with Gasteiger partial charge in [-0.25, -0.2) is 4.79 Å². The highest BCUT2D eigenvalue weighted by atomic mass is 32.2. The van der Waals surface area contributed by atoms with Crippen LogP contribution in [0.2, 0.25) is 0 Å². The van der Waals surface area contributed by atoms with Gasteiger partial charge in [-0.3, -0.25) is 4.79 Å². The standard InChI is InChI=1S/C18H16O4S/c1-9(2)11-7-13-16(19)12-6-10(18(20)21)4-5-14(12)22-17(13)15(8-11)23-3/h4-9H,1-3H3,(H,20,21). The van der Waals surface area contributed by atoms with Gasteiger partial charge >= 0.3 is 5.97 Å². The molecule has 4 nitrogen and oxygen atoms in total. The van der Waals surface area contributed by atoms with E-state index in [4.69, 9.17) is 9.52 Å². The van der Waals surface area contributed by atoms with Crippen LogP contribution < -0.4 is 5.43 Å². The highest BCUT2D eigenvalue weighted by Gasteiger charge is 2.15. The van der Waals surface area contributed by atoms with Gasteiger partial charge in [-0.05, 0) is 48.1 Å². The van der Waals surface area contributed by atoms with Gasteiger partial charge in [-0.15, -0.1) is 11.8 Å². The highest BCUT2D eigenvalue weighted by molar-refractivity contribution is 7.98. The number of aromatic carboxylic acids is 1. The zero-order valence-corrected chi connectivity index (χ0v) is 13.9. The zero-order chi connectivity index (χ0) is 16.7. The van der Waals surface area contributed by atoms with E-state index < -0.39 is 5.97 Å². The lowest BCUT2D eigenvalue weighted by molar-refractivity contribution is 0.0697. The maximum Gasteiger partial charge on any atom is 0.335 e. The summed E-state index contributed by atoms with van der Waals surface area (Å²) < 4.78 is 5.90. The van der Waals surface area contributed by atoms with Crippen LogP contribution in [0.3, 0.4) is 0 Å². The Morgan fingerprint density at radius 2 is 1.91 bits per heavy atom. The van der Waals surface area contributed by atoms with Crippen LogP contribution in [0.5, 0.6) is 0 Å². The third kappa shape index (κ3) is 2.61. The van der Waals surface area contributed by atoms with E-state index in [-0.39, 0.29) is 16.9 Å². The highest BCUT2D eigenvalue weighted by Crippen LogP contribution is 2.31. The molecule has 0 aliphatic heterocycles. The average Bonchev–Trinajstić information content (AvgIpc) is 2.53. The van der Waals surface area contributed by atoms with Crippen molar-refractivity contribution in [3.8, 4) is 0 Å². The molecular weight excluding hydrogens is 312 g/mol. The summed E-state index contributed by atoms with van der Waals surface area (Å²) in [6.45, 7) is 4.13. The van der Waals surface area contributed by atoms with Crippen molar-refractivity contribution in [3.63, 3.8) is 0 Å². The van der Waals surface area contributed by atoms with E-state index in [1.54, 1.807) is 6.07 Å². The van der Waals surface area contributed by atoms with Gasteiger partial charge in [0.25, 0.3) is 0 Å². The molecule has 1 heterocycles. The van der Waals surface area contributed by atoms with Crippen molar-refractivity contribution in [3.05, 3.63) is 51.7 Å². The topological polar surface area (TPSA) is 67.5 Å². The summed E-state index contributed by atoms with van der Waals surface area (Å²) in [5.74, 6) is -0.780. The van der Waals surface area contributed by atoms with E-state index >= 15 is 0 Å². The lowest BCUT2D eigenvalue weighted by Crippen LogP contribution is -2.06. The summed E-state index contributed by atoms with van der Waals surface area (Å²) in [7, 11) is 0. The van der Waals surface area contributed by atoms with Crippen molar-refractivity contribution >= 4 is 39.7 Å². The minimum Gasteiger partial charge on any atom is -0.478 e. The van der Waals surface area contributed by atoms with Crippen molar-refractivity contribution in [1.29, 1.82) is 0 Å². The summed E-state index contributed by atoms with van der Waals surface area (Å²) in [6.07, 6.45) is 1.94. The number of carbonyl (C=O) groups is 1. The van der Waals surface area contributed by atoms with Gasteiger partial charge in [-0.1, -0.05) is 13.8 Å². The third-order valence-electron chi connectivity index (χ3n) is 3.89. The molecule has 0 aliphatic rings. The third-order valence-corrected chi connectivity index (χ3v) is 4.63. The first kappa shape index (κ1) is 15.6. The molecule has 1 aromatic heterocycles. The maximum atomic E-state index is 12.8. The second kappa shape index (κ2) is 5.74. The first-order valence-electron chi connectivity index (χ1n) is 7.24. The van der Waals surface area contributed by atoms with E-state index in [0.29, 0.717) is 21.9 Å². The molecule has 5 heteroatoms. The molecule has 3 rings (SSSR count). The van der Waals surface area contributed by atoms with Crippen molar-refractivity contribution < 1.29 is 14.3 Å². The fraction of sp³-hybridized carbons (Fsp3) is 0.222. The number of hydrogen-bond donors (Lipinski definition) is 1. The number of thioether (sulfide) groups is 1. The Balaban J connectivity index is 2.45. The molecule has 0 bridgehead atoms. The fourth-order valence-corrected chi connectivity index (χ4v) is 3.16. The van der Waals surface area contributed by atoms with Crippen LogP contribution >= 0.6 is 11.8 Å². The largest absolute Gasteiger partial charge is 0.478 e. The molecular formula is C18H16O4S. The van der Waals surface area contributed by atoms with E-state index in [1.165, 1.54) is 23.9 Å². The summed E-state index contributed by atoms with van der Waals surface area (Å²) in [5.41, 5.74) is 1.90. The van der Waals surface area contributed by atoms with Gasteiger partial charge in [0.05, 0.1) is 21.2 Å². The Hall–Kier alpha value is -2.27. The van der Waals surface area contributed by atoms with Crippen LogP contribution in [-0.2, 0) is 0 Å². The molecule has 118 valence electrons. The van der Waals surface area contributed by atoms with Gasteiger partial charge in [0.1, 0.15) is 5.58 Å². The molecule has 0 atom stereocenters. The minimum atomic E-state index is -1.06. The zero-order valence-electron chi connectivity index (χ0n) is 13.0. The summed E-state index contributed by atoms with van der Waals surface area (Å²) >= 11 is 1.53. The Kier molecular flexibility index (Phi) is 3.90. The summed E-state index contributed by atoms with van der Waals surface area (Å²) in [6, 6.07) is 8.25. The molecule has 0 saturated heterocycles. The van der Waals surface area contributed by atoms with Gasteiger partial charge in [0.15, 0.2) is 5.58 Å². The van der Waals surface area contributed by atoms with Crippen LogP contribution in [-0.4, -0.2) is 17.3 Å². The molecule has 0 amide bonds. The van der Waals surface area contributed by atoms with E-state index in [1.807, 2.05) is 18.4 Å². The second-order valence-corrected chi connectivity index (χ2v) is 6.55. The molecule has 2 aromatic carbocycles. The van der Waals surface area contributed by atoms with Gasteiger partial charge in [0, 0.05) is 0 Å². The predicted octanol–water partition coefficient (Wildman–Crippen LogP) is 4.49. The van der Waals surface area contributed by atoms with Crippen LogP contribution in [0.4, 0.5) is 0 Å². The average molecular weight is 328 g/mol. The normalized spacial score (nSPS) is 11.5. The molecule has 3 aromatic rings. The van der Waals surface area contributed by atoms with Crippen molar-refractivity contribution in [2.75, 3.05) is 6.26 Å². The Bertz CT molecular complexity index is 986. The molecule has 0 fully saturated rings. The van der Waals surface area contributed by atoms with Crippen LogP contribution in [0.15, 0.2) is 44.4 Å². The van der Waals surface area contributed by atoms with Crippen LogP contribution in [0.1, 0.15) is 35.7 Å². The molecule has 0 radical (unpaired) electrons. The van der Waals surface area contributed by atoms with Gasteiger partial charge in [0.2, 0.25) is 5.43 Å². The van der Waals surface area contributed by atoms with Crippen molar-refractivity contribution in [2.45, 2.75) is 24.7 Å². The van der Waals surface area contributed by atoms with E-state index in [0.717, 1.165) is 10.5 Å². The number of hydrogen-bond acceptors (Lipinski definition) is 4.